The van der Waals surface area contributed by atoms with Crippen LogP contribution in [0.3, 0.4) is 0 Å². The van der Waals surface area contributed by atoms with E-state index in [1.54, 1.807) is 18.2 Å². The molecule has 0 bridgehead atoms. The lowest BCUT2D eigenvalue weighted by Gasteiger charge is -2.24. The minimum atomic E-state index is -0.643. The van der Waals surface area contributed by atoms with Crippen LogP contribution in [0.1, 0.15) is 44.4 Å². The first-order valence-electron chi connectivity index (χ1n) is 10.5. The third-order valence-corrected chi connectivity index (χ3v) is 6.95. The zero-order valence-corrected chi connectivity index (χ0v) is 18.5. The quantitative estimate of drug-likeness (QED) is 0.669. The van der Waals surface area contributed by atoms with Gasteiger partial charge in [0.25, 0.3) is 0 Å². The Morgan fingerprint density at radius 2 is 2.06 bits per heavy atom. The number of aromatic nitrogens is 1. The van der Waals surface area contributed by atoms with Crippen molar-refractivity contribution in [3.8, 4) is 6.07 Å². The lowest BCUT2D eigenvalue weighted by molar-refractivity contribution is -0.120. The number of aliphatic hydroxyl groups excluding tert-OH is 1. The zero-order chi connectivity index (χ0) is 21.7. The van der Waals surface area contributed by atoms with Crippen molar-refractivity contribution < 1.29 is 19.4 Å². The Balaban J connectivity index is 0.00000245. The standard InChI is InChI=1S/C24H23N3O4.ClH/c1-13-16(4-5-17-20(13)12-31-24(17)30)22(29)11-27-9-18-19(10-27)23(18)21(28)6-15-3-2-14(7-25)8-26-15;/h2-5,8,18-19,22-23,29H,6,9-12H2,1H3;1H/t18?,19?,22-,23?;/m0./s1. The number of ketones is 1. The van der Waals surface area contributed by atoms with E-state index in [0.29, 0.717) is 41.6 Å². The van der Waals surface area contributed by atoms with E-state index >= 15 is 0 Å². The lowest BCUT2D eigenvalue weighted by atomic mass is 9.95. The van der Waals surface area contributed by atoms with Gasteiger partial charge in [0, 0.05) is 49.4 Å². The SMILES string of the molecule is Cc1c([C@@H](O)CN2CC3C(C2)C3C(=O)Cc2ccc(C#N)cn2)ccc2c1COC2=O.Cl. The van der Waals surface area contributed by atoms with Crippen molar-refractivity contribution in [1.29, 1.82) is 5.26 Å². The van der Waals surface area contributed by atoms with Crippen LogP contribution in [-0.4, -0.2) is 46.4 Å². The van der Waals surface area contributed by atoms with Gasteiger partial charge in [-0.1, -0.05) is 6.07 Å². The number of nitriles is 1. The highest BCUT2D eigenvalue weighted by atomic mass is 35.5. The fourth-order valence-electron chi connectivity index (χ4n) is 5.20. The smallest absolute Gasteiger partial charge is 0.338 e. The number of aliphatic hydroxyl groups is 1. The number of pyridine rings is 1. The first-order valence-corrected chi connectivity index (χ1v) is 10.5. The molecule has 166 valence electrons. The molecular weight excluding hydrogens is 430 g/mol. The summed E-state index contributed by atoms with van der Waals surface area (Å²) in [7, 11) is 0. The number of halogens is 1. The van der Waals surface area contributed by atoms with Crippen LogP contribution in [0.15, 0.2) is 30.5 Å². The minimum Gasteiger partial charge on any atom is -0.457 e. The van der Waals surface area contributed by atoms with Crippen molar-refractivity contribution in [3.05, 3.63) is 64.0 Å². The second-order valence-electron chi connectivity index (χ2n) is 8.76. The van der Waals surface area contributed by atoms with Crippen molar-refractivity contribution in [2.75, 3.05) is 19.6 Å². The van der Waals surface area contributed by atoms with Crippen LogP contribution in [-0.2, 0) is 22.6 Å². The number of Topliss-reactive ketones (excluding diaryl/α,β-unsaturated/α-hetero) is 1. The molecule has 1 saturated carbocycles. The number of ether oxygens (including phenoxy) is 1. The molecular formula is C24H24ClN3O4. The average molecular weight is 454 g/mol. The summed E-state index contributed by atoms with van der Waals surface area (Å²) in [6.07, 6.45) is 1.17. The normalized spacial score (nSPS) is 24.0. The molecule has 2 aliphatic heterocycles. The topological polar surface area (TPSA) is 104 Å². The van der Waals surface area contributed by atoms with E-state index < -0.39 is 6.10 Å². The molecule has 2 unspecified atom stereocenters. The minimum absolute atomic E-state index is 0. The summed E-state index contributed by atoms with van der Waals surface area (Å²) in [5.74, 6) is 0.698. The molecule has 2 aromatic rings. The first kappa shape index (κ1) is 22.4. The Morgan fingerprint density at radius 3 is 2.72 bits per heavy atom. The number of cyclic esters (lactones) is 1. The van der Waals surface area contributed by atoms with E-state index in [1.807, 2.05) is 19.1 Å². The Kier molecular flexibility index (Phi) is 6.04. The third kappa shape index (κ3) is 3.90. The average Bonchev–Trinajstić information content (AvgIpc) is 3.06. The number of benzene rings is 1. The molecule has 5 rings (SSSR count). The molecule has 1 aliphatic carbocycles. The monoisotopic (exact) mass is 453 g/mol. The predicted octanol–water partition coefficient (Wildman–Crippen LogP) is 2.38. The van der Waals surface area contributed by atoms with Gasteiger partial charge in [-0.25, -0.2) is 4.79 Å². The zero-order valence-electron chi connectivity index (χ0n) is 17.7. The number of hydrogen-bond acceptors (Lipinski definition) is 7. The molecule has 1 aromatic carbocycles. The van der Waals surface area contributed by atoms with Crippen LogP contribution < -0.4 is 0 Å². The highest BCUT2D eigenvalue weighted by molar-refractivity contribution is 5.94. The van der Waals surface area contributed by atoms with Gasteiger partial charge in [0.2, 0.25) is 0 Å². The van der Waals surface area contributed by atoms with E-state index in [2.05, 4.69) is 9.88 Å². The molecule has 32 heavy (non-hydrogen) atoms. The van der Waals surface area contributed by atoms with Crippen LogP contribution >= 0.6 is 12.4 Å². The molecule has 2 fully saturated rings. The molecule has 7 nitrogen and oxygen atoms in total. The molecule has 1 saturated heterocycles. The maximum atomic E-state index is 12.7. The van der Waals surface area contributed by atoms with Crippen molar-refractivity contribution in [1.82, 2.24) is 9.88 Å². The predicted molar refractivity (Wildman–Crippen MR) is 117 cm³/mol. The van der Waals surface area contributed by atoms with E-state index in [-0.39, 0.29) is 36.7 Å². The molecule has 0 amide bonds. The Bertz CT molecular complexity index is 1100. The number of β-amino-alcohol motifs (C(OH)–C–C–N with tert-alkyl or cyclic N) is 1. The van der Waals surface area contributed by atoms with Gasteiger partial charge in [-0.2, -0.15) is 5.26 Å². The van der Waals surface area contributed by atoms with Crippen molar-refractivity contribution in [3.63, 3.8) is 0 Å². The highest BCUT2D eigenvalue weighted by Crippen LogP contribution is 2.52. The summed E-state index contributed by atoms with van der Waals surface area (Å²) in [5.41, 5.74) is 4.41. The number of esters is 1. The van der Waals surface area contributed by atoms with Gasteiger partial charge < -0.3 is 9.84 Å². The lowest BCUT2D eigenvalue weighted by Crippen LogP contribution is -2.31. The van der Waals surface area contributed by atoms with Crippen LogP contribution in [0.4, 0.5) is 0 Å². The number of carbonyl (C=O) groups excluding carboxylic acids is 2. The van der Waals surface area contributed by atoms with E-state index in [4.69, 9.17) is 10.00 Å². The van der Waals surface area contributed by atoms with Crippen LogP contribution in [0, 0.1) is 36.0 Å². The second-order valence-corrected chi connectivity index (χ2v) is 8.76. The van der Waals surface area contributed by atoms with Crippen molar-refractivity contribution in [2.24, 2.45) is 17.8 Å². The largest absolute Gasteiger partial charge is 0.457 e. The fraction of sp³-hybridized carbons (Fsp3) is 0.417. The van der Waals surface area contributed by atoms with Gasteiger partial charge >= 0.3 is 5.97 Å². The number of nitrogens with zero attached hydrogens (tertiary/aromatic N) is 3. The van der Waals surface area contributed by atoms with Gasteiger partial charge in [-0.3, -0.25) is 14.7 Å². The number of likely N-dealkylation sites (tertiary alicyclic amines) is 1. The molecule has 3 heterocycles. The second kappa shape index (κ2) is 8.62. The number of fused-ring (bicyclic) bond motifs is 2. The van der Waals surface area contributed by atoms with Crippen LogP contribution in [0.25, 0.3) is 0 Å². The molecule has 1 N–H and O–H groups in total. The number of rotatable bonds is 6. The molecule has 3 aliphatic rings. The van der Waals surface area contributed by atoms with Crippen LogP contribution in [0.2, 0.25) is 0 Å². The summed E-state index contributed by atoms with van der Waals surface area (Å²) in [6, 6.07) is 9.02. The van der Waals surface area contributed by atoms with Gasteiger partial charge in [-0.05, 0) is 48.1 Å². The Labute approximate surface area is 192 Å². The third-order valence-electron chi connectivity index (χ3n) is 6.95. The van der Waals surface area contributed by atoms with E-state index in [1.165, 1.54) is 6.20 Å². The fourth-order valence-corrected chi connectivity index (χ4v) is 5.20. The molecule has 0 radical (unpaired) electrons. The van der Waals surface area contributed by atoms with E-state index in [0.717, 1.165) is 29.8 Å². The number of carbonyl (C=O) groups is 2. The Morgan fingerprint density at radius 1 is 1.31 bits per heavy atom. The Hall–Kier alpha value is -2.79. The summed E-state index contributed by atoms with van der Waals surface area (Å²) in [5, 5.41) is 19.7. The van der Waals surface area contributed by atoms with Gasteiger partial charge in [0.05, 0.1) is 17.2 Å². The number of hydrogen-bond donors (Lipinski definition) is 1. The van der Waals surface area contributed by atoms with Crippen LogP contribution in [0.5, 0.6) is 0 Å². The van der Waals surface area contributed by atoms with Crippen molar-refractivity contribution >= 4 is 24.2 Å². The molecule has 1 aromatic heterocycles. The summed E-state index contributed by atoms with van der Waals surface area (Å²) in [4.78, 5) is 30.8. The maximum absolute atomic E-state index is 12.7. The molecule has 8 heteroatoms. The van der Waals surface area contributed by atoms with Gasteiger partial charge in [0.1, 0.15) is 18.5 Å². The summed E-state index contributed by atoms with van der Waals surface area (Å²) < 4.78 is 5.10. The maximum Gasteiger partial charge on any atom is 0.338 e. The molecule has 0 spiro atoms. The summed E-state index contributed by atoms with van der Waals surface area (Å²) >= 11 is 0. The first-order chi connectivity index (χ1) is 15.0. The molecule has 3 atom stereocenters. The number of piperidine rings is 1. The highest BCUT2D eigenvalue weighted by Gasteiger charge is 2.58. The van der Waals surface area contributed by atoms with Gasteiger partial charge in [-0.15, -0.1) is 12.4 Å². The van der Waals surface area contributed by atoms with Gasteiger partial charge in [0.15, 0.2) is 0 Å². The summed E-state index contributed by atoms with van der Waals surface area (Å²) in [6.45, 7) is 4.33. The van der Waals surface area contributed by atoms with Crippen molar-refractivity contribution in [2.45, 2.75) is 26.1 Å². The van der Waals surface area contributed by atoms with E-state index in [9.17, 15) is 14.7 Å².